The fourth-order valence-corrected chi connectivity index (χ4v) is 1.74. The second kappa shape index (κ2) is 5.32. The molecule has 0 aliphatic carbocycles. The Balaban J connectivity index is 2.33. The molecule has 0 spiro atoms. The van der Waals surface area contributed by atoms with Crippen LogP contribution in [0, 0.1) is 0 Å². The zero-order valence-corrected chi connectivity index (χ0v) is 10.3. The van der Waals surface area contributed by atoms with Crippen LogP contribution in [0.3, 0.4) is 0 Å². The smallest absolute Gasteiger partial charge is 0.328 e. The molecule has 1 aliphatic heterocycles. The molecule has 2 heterocycles. The van der Waals surface area contributed by atoms with Gasteiger partial charge in [-0.15, -0.1) is 0 Å². The van der Waals surface area contributed by atoms with Crippen molar-refractivity contribution in [2.24, 2.45) is 0 Å². The first-order valence-electron chi connectivity index (χ1n) is 5.14. The number of ether oxygens (including phenoxy) is 2. The monoisotopic (exact) mass is 274 g/mol. The molecule has 2 rings (SSSR count). The number of aliphatic carboxylic acids is 1. The van der Waals surface area contributed by atoms with Crippen molar-refractivity contribution in [3.8, 4) is 6.01 Å². The van der Waals surface area contributed by atoms with E-state index in [4.69, 9.17) is 26.2 Å². The van der Waals surface area contributed by atoms with E-state index in [1.54, 1.807) is 0 Å². The van der Waals surface area contributed by atoms with E-state index in [9.17, 15) is 4.79 Å². The molecule has 0 radical (unpaired) electrons. The summed E-state index contributed by atoms with van der Waals surface area (Å²) in [6, 6.07) is -0.803. The van der Waals surface area contributed by atoms with E-state index in [1.807, 2.05) is 0 Å². The first kappa shape index (κ1) is 12.8. The number of carboxylic acid groups (broad SMARTS) is 1. The van der Waals surface area contributed by atoms with E-state index in [0.717, 1.165) is 0 Å². The minimum atomic E-state index is -1.01. The highest BCUT2D eigenvalue weighted by atomic mass is 35.5. The lowest BCUT2D eigenvalue weighted by Crippen LogP contribution is -2.50. The van der Waals surface area contributed by atoms with Crippen molar-refractivity contribution >= 4 is 23.5 Å². The Morgan fingerprint density at radius 2 is 2.33 bits per heavy atom. The Labute approximate surface area is 108 Å². The number of nitrogens with zero attached hydrogens (tertiary/aromatic N) is 4. The van der Waals surface area contributed by atoms with Gasteiger partial charge in [0.2, 0.25) is 11.2 Å². The lowest BCUT2D eigenvalue weighted by molar-refractivity contribution is -0.141. The number of morpholine rings is 1. The average molecular weight is 275 g/mol. The molecule has 1 aromatic heterocycles. The van der Waals surface area contributed by atoms with E-state index in [2.05, 4.69) is 15.0 Å². The normalized spacial score (nSPS) is 19.7. The molecule has 0 amide bonds. The Hall–Kier alpha value is -1.67. The maximum Gasteiger partial charge on any atom is 0.328 e. The van der Waals surface area contributed by atoms with Gasteiger partial charge in [-0.1, -0.05) is 0 Å². The van der Waals surface area contributed by atoms with Crippen molar-refractivity contribution in [2.75, 3.05) is 31.8 Å². The fraction of sp³-hybridized carbons (Fsp3) is 0.556. The summed E-state index contributed by atoms with van der Waals surface area (Å²) in [5.41, 5.74) is 0. The van der Waals surface area contributed by atoms with Gasteiger partial charge in [-0.3, -0.25) is 0 Å². The predicted octanol–water partition coefficient (Wildman–Crippen LogP) is -0.177. The maximum atomic E-state index is 11.1. The predicted molar refractivity (Wildman–Crippen MR) is 61.0 cm³/mol. The van der Waals surface area contributed by atoms with E-state index in [-0.39, 0.29) is 23.8 Å². The first-order valence-corrected chi connectivity index (χ1v) is 5.52. The van der Waals surface area contributed by atoms with Gasteiger partial charge in [0.05, 0.1) is 20.3 Å². The van der Waals surface area contributed by atoms with Crippen LogP contribution in [0.1, 0.15) is 0 Å². The maximum absolute atomic E-state index is 11.1. The molecule has 1 saturated heterocycles. The van der Waals surface area contributed by atoms with Crippen LogP contribution in [-0.2, 0) is 9.53 Å². The quantitative estimate of drug-likeness (QED) is 0.811. The third kappa shape index (κ3) is 2.59. The summed E-state index contributed by atoms with van der Waals surface area (Å²) in [7, 11) is 1.39. The van der Waals surface area contributed by atoms with Gasteiger partial charge in [-0.25, -0.2) is 4.79 Å². The molecule has 9 heteroatoms. The van der Waals surface area contributed by atoms with Gasteiger partial charge < -0.3 is 19.5 Å². The second-order valence-corrected chi connectivity index (χ2v) is 3.85. The van der Waals surface area contributed by atoms with Gasteiger partial charge in [0, 0.05) is 6.54 Å². The first-order chi connectivity index (χ1) is 8.61. The van der Waals surface area contributed by atoms with Crippen LogP contribution in [0.2, 0.25) is 5.28 Å². The van der Waals surface area contributed by atoms with Crippen LogP contribution < -0.4 is 9.64 Å². The van der Waals surface area contributed by atoms with Crippen molar-refractivity contribution in [1.29, 1.82) is 0 Å². The number of halogens is 1. The molecule has 1 aromatic rings. The number of rotatable bonds is 3. The number of aromatic nitrogens is 3. The summed E-state index contributed by atoms with van der Waals surface area (Å²) >= 11 is 5.73. The highest BCUT2D eigenvalue weighted by molar-refractivity contribution is 6.28. The third-order valence-electron chi connectivity index (χ3n) is 2.43. The molecular weight excluding hydrogens is 264 g/mol. The van der Waals surface area contributed by atoms with E-state index in [0.29, 0.717) is 13.2 Å². The largest absolute Gasteiger partial charge is 0.480 e. The Kier molecular flexibility index (Phi) is 3.78. The van der Waals surface area contributed by atoms with Crippen molar-refractivity contribution in [2.45, 2.75) is 6.04 Å². The number of anilines is 1. The third-order valence-corrected chi connectivity index (χ3v) is 2.60. The highest BCUT2D eigenvalue weighted by Gasteiger charge is 2.31. The molecule has 1 atom stereocenters. The minimum Gasteiger partial charge on any atom is -0.480 e. The second-order valence-electron chi connectivity index (χ2n) is 3.51. The van der Waals surface area contributed by atoms with Gasteiger partial charge >= 0.3 is 12.0 Å². The molecule has 8 nitrogen and oxygen atoms in total. The summed E-state index contributed by atoms with van der Waals surface area (Å²) in [6.45, 7) is 0.830. The van der Waals surface area contributed by atoms with Gasteiger partial charge in [0.1, 0.15) is 0 Å². The SMILES string of the molecule is COc1nc(Cl)nc(N2CCOCC2C(=O)O)n1. The van der Waals surface area contributed by atoms with Crippen molar-refractivity contribution in [3.63, 3.8) is 0 Å². The molecule has 0 aromatic carbocycles. The Morgan fingerprint density at radius 3 is 3.00 bits per heavy atom. The van der Waals surface area contributed by atoms with E-state index >= 15 is 0 Å². The van der Waals surface area contributed by atoms with Crippen molar-refractivity contribution < 1.29 is 19.4 Å². The molecule has 98 valence electrons. The lowest BCUT2D eigenvalue weighted by atomic mass is 10.2. The highest BCUT2D eigenvalue weighted by Crippen LogP contribution is 2.19. The van der Waals surface area contributed by atoms with Crippen LogP contribution in [0.4, 0.5) is 5.95 Å². The zero-order chi connectivity index (χ0) is 13.1. The van der Waals surface area contributed by atoms with Crippen LogP contribution in [-0.4, -0.2) is 58.9 Å². The minimum absolute atomic E-state index is 0.0423. The van der Waals surface area contributed by atoms with Gasteiger partial charge in [-0.2, -0.15) is 15.0 Å². The molecule has 1 aliphatic rings. The Morgan fingerprint density at radius 1 is 1.56 bits per heavy atom. The summed E-state index contributed by atoms with van der Waals surface area (Å²) in [5.74, 6) is -0.840. The Bertz CT molecular complexity index is 458. The van der Waals surface area contributed by atoms with Gasteiger partial charge in [0.25, 0.3) is 0 Å². The molecule has 0 saturated carbocycles. The molecule has 18 heavy (non-hydrogen) atoms. The van der Waals surface area contributed by atoms with Gasteiger partial charge in [0.15, 0.2) is 6.04 Å². The van der Waals surface area contributed by atoms with Crippen LogP contribution in [0.15, 0.2) is 0 Å². The number of hydrogen-bond acceptors (Lipinski definition) is 7. The van der Waals surface area contributed by atoms with E-state index in [1.165, 1.54) is 12.0 Å². The lowest BCUT2D eigenvalue weighted by Gasteiger charge is -2.32. The average Bonchev–Trinajstić information content (AvgIpc) is 2.38. The molecule has 1 unspecified atom stereocenters. The molecule has 0 bridgehead atoms. The molecular formula is C9H11ClN4O4. The molecule has 1 fully saturated rings. The van der Waals surface area contributed by atoms with Crippen LogP contribution in [0.5, 0.6) is 6.01 Å². The summed E-state index contributed by atoms with van der Waals surface area (Å²) in [4.78, 5) is 24.2. The van der Waals surface area contributed by atoms with Crippen LogP contribution in [0.25, 0.3) is 0 Å². The van der Waals surface area contributed by atoms with Crippen molar-refractivity contribution in [3.05, 3.63) is 5.28 Å². The molecule has 1 N–H and O–H groups in total. The van der Waals surface area contributed by atoms with Crippen LogP contribution >= 0.6 is 11.6 Å². The number of carbonyl (C=O) groups is 1. The standard InChI is InChI=1S/C9H11ClN4O4/c1-17-9-12-7(10)11-8(13-9)14-2-3-18-4-5(14)6(15)16/h5H,2-4H2,1H3,(H,15,16). The summed E-state index contributed by atoms with van der Waals surface area (Å²) in [6.07, 6.45) is 0. The fourth-order valence-electron chi connectivity index (χ4n) is 1.59. The van der Waals surface area contributed by atoms with E-state index < -0.39 is 12.0 Å². The number of carboxylic acids is 1. The number of hydrogen-bond donors (Lipinski definition) is 1. The zero-order valence-electron chi connectivity index (χ0n) is 9.54. The summed E-state index contributed by atoms with van der Waals surface area (Å²) in [5, 5.41) is 9.06. The summed E-state index contributed by atoms with van der Waals surface area (Å²) < 4.78 is 9.99. The van der Waals surface area contributed by atoms with Crippen molar-refractivity contribution in [1.82, 2.24) is 15.0 Å². The number of methoxy groups -OCH3 is 1. The van der Waals surface area contributed by atoms with Gasteiger partial charge in [-0.05, 0) is 11.6 Å². The topological polar surface area (TPSA) is 97.7 Å².